The molecule has 5 heteroatoms. The number of hydrogen-bond acceptors (Lipinski definition) is 5. The van der Waals surface area contributed by atoms with Gasteiger partial charge in [-0.1, -0.05) is 273 Å². The van der Waals surface area contributed by atoms with Gasteiger partial charge < -0.3 is 14.2 Å². The van der Waals surface area contributed by atoms with Crippen LogP contribution in [0.3, 0.4) is 0 Å². The summed E-state index contributed by atoms with van der Waals surface area (Å²) in [5.41, 5.74) is 0. The number of rotatable bonds is 55. The van der Waals surface area contributed by atoms with Gasteiger partial charge in [-0.25, -0.2) is 0 Å². The minimum atomic E-state index is -0.555. The number of esters is 2. The van der Waals surface area contributed by atoms with E-state index in [1.165, 1.54) is 154 Å². The number of allylic oxidation sites excluding steroid dienone is 14. The smallest absolute Gasteiger partial charge is 0.306 e. The van der Waals surface area contributed by atoms with Crippen LogP contribution in [-0.2, 0) is 23.8 Å². The number of ether oxygens (including phenoxy) is 3. The van der Waals surface area contributed by atoms with E-state index < -0.39 is 6.10 Å². The predicted octanol–water partition coefficient (Wildman–Crippen LogP) is 20.8. The summed E-state index contributed by atoms with van der Waals surface area (Å²) in [6, 6.07) is 0. The molecule has 404 valence electrons. The predicted molar refractivity (Wildman–Crippen MR) is 307 cm³/mol. The van der Waals surface area contributed by atoms with E-state index in [2.05, 4.69) is 106 Å². The van der Waals surface area contributed by atoms with Gasteiger partial charge in [0.1, 0.15) is 6.61 Å². The summed E-state index contributed by atoms with van der Waals surface area (Å²) in [4.78, 5) is 25.6. The van der Waals surface area contributed by atoms with Crippen molar-refractivity contribution in [2.45, 2.75) is 297 Å². The van der Waals surface area contributed by atoms with Crippen molar-refractivity contribution in [2.24, 2.45) is 0 Å². The Morgan fingerprint density at radius 2 is 0.643 bits per heavy atom. The van der Waals surface area contributed by atoms with Gasteiger partial charge in [0.25, 0.3) is 0 Å². The number of unbranched alkanes of at least 4 members (excludes halogenated alkanes) is 30. The van der Waals surface area contributed by atoms with Crippen LogP contribution in [0.15, 0.2) is 85.1 Å². The molecule has 0 bridgehead atoms. The molecule has 0 saturated carbocycles. The molecule has 5 nitrogen and oxygen atoms in total. The molecule has 70 heavy (non-hydrogen) atoms. The van der Waals surface area contributed by atoms with Crippen LogP contribution in [0, 0.1) is 0 Å². The summed E-state index contributed by atoms with van der Waals surface area (Å²) >= 11 is 0. The highest BCUT2D eigenvalue weighted by Gasteiger charge is 2.17. The number of carbonyl (C=O) groups excluding carboxylic acids is 2. The molecule has 0 saturated heterocycles. The standard InChI is InChI=1S/C65H114O5/c1-4-7-10-13-16-19-22-25-28-31-33-35-37-40-43-46-49-52-55-58-64(66)69-62-63(61-68-60-57-54-51-48-45-42-39-36-32-29-26-23-20-17-14-11-8-5-2)70-65(67)59-56-53-50-47-44-41-38-34-30-27-24-21-18-15-12-9-6-3/h8-9,11-12,17-18,20-21,26-27,29-30,36,39,63H,4-7,10,13-16,19,22-25,28,31-35,37-38,40-62H2,1-3H3/b11-8-,12-9-,20-17-,21-18-,29-26-,30-27-,39-36-. The lowest BCUT2D eigenvalue weighted by atomic mass is 10.0. The Hall–Kier alpha value is -2.92. The first-order valence-corrected chi connectivity index (χ1v) is 30.1. The highest BCUT2D eigenvalue weighted by atomic mass is 16.6. The molecule has 0 spiro atoms. The Bertz CT molecular complexity index is 1290. The molecule has 0 aliphatic heterocycles. The van der Waals surface area contributed by atoms with Gasteiger partial charge in [0.05, 0.1) is 6.61 Å². The fourth-order valence-corrected chi connectivity index (χ4v) is 8.52. The van der Waals surface area contributed by atoms with Gasteiger partial charge in [-0.15, -0.1) is 0 Å². The van der Waals surface area contributed by atoms with E-state index >= 15 is 0 Å². The lowest BCUT2D eigenvalue weighted by Gasteiger charge is -2.18. The first kappa shape index (κ1) is 67.1. The molecule has 1 atom stereocenters. The normalized spacial score (nSPS) is 12.8. The molecule has 0 fully saturated rings. The van der Waals surface area contributed by atoms with E-state index in [-0.39, 0.29) is 25.2 Å². The molecule has 0 aromatic rings. The van der Waals surface area contributed by atoms with Gasteiger partial charge in [-0.3, -0.25) is 9.59 Å². The fourth-order valence-electron chi connectivity index (χ4n) is 8.52. The lowest BCUT2D eigenvalue weighted by Crippen LogP contribution is -2.30. The zero-order valence-electron chi connectivity index (χ0n) is 46.5. The van der Waals surface area contributed by atoms with Crippen LogP contribution in [0.25, 0.3) is 0 Å². The topological polar surface area (TPSA) is 61.8 Å². The quantitative estimate of drug-likeness (QED) is 0.0345. The lowest BCUT2D eigenvalue weighted by molar-refractivity contribution is -0.163. The molecule has 0 aromatic heterocycles. The maximum absolute atomic E-state index is 12.9. The van der Waals surface area contributed by atoms with Crippen molar-refractivity contribution in [3.63, 3.8) is 0 Å². The summed E-state index contributed by atoms with van der Waals surface area (Å²) in [6.07, 6.45) is 80.4. The average Bonchev–Trinajstić information content (AvgIpc) is 3.36. The third-order valence-electron chi connectivity index (χ3n) is 12.9. The third kappa shape index (κ3) is 57.7. The molecule has 1 unspecified atom stereocenters. The summed E-state index contributed by atoms with van der Waals surface area (Å²) in [7, 11) is 0. The maximum Gasteiger partial charge on any atom is 0.306 e. The largest absolute Gasteiger partial charge is 0.462 e. The molecule has 0 rings (SSSR count). The molecular weight excluding hydrogens is 861 g/mol. The van der Waals surface area contributed by atoms with Gasteiger partial charge in [-0.05, 0) is 89.9 Å². The zero-order valence-corrected chi connectivity index (χ0v) is 46.5. The summed E-state index contributed by atoms with van der Waals surface area (Å²) < 4.78 is 17.5. The van der Waals surface area contributed by atoms with Gasteiger partial charge in [-0.2, -0.15) is 0 Å². The van der Waals surface area contributed by atoms with Crippen LogP contribution in [-0.4, -0.2) is 37.9 Å². The van der Waals surface area contributed by atoms with Crippen LogP contribution < -0.4 is 0 Å². The second kappa shape index (κ2) is 60.4. The van der Waals surface area contributed by atoms with Crippen molar-refractivity contribution in [1.29, 1.82) is 0 Å². The van der Waals surface area contributed by atoms with Crippen LogP contribution in [0.2, 0.25) is 0 Å². The Labute approximate surface area is 435 Å². The highest BCUT2D eigenvalue weighted by Crippen LogP contribution is 2.16. The van der Waals surface area contributed by atoms with Crippen molar-refractivity contribution >= 4 is 11.9 Å². The molecule has 0 aromatic carbocycles. The van der Waals surface area contributed by atoms with E-state index in [0.717, 1.165) is 103 Å². The molecule has 0 radical (unpaired) electrons. The minimum absolute atomic E-state index is 0.0729. The number of carbonyl (C=O) groups is 2. The Morgan fingerprint density at radius 3 is 1.03 bits per heavy atom. The molecule has 0 aliphatic carbocycles. The Balaban J connectivity index is 4.31. The SMILES string of the molecule is CC/C=C\C/C=C\C/C=C\C/C=C\CCCCCCCOCC(COC(=O)CCCCCCCCCCCCCCCCCCCCC)OC(=O)CCCCCCCCC/C=C\C/C=C\C/C=C\CC. The summed E-state index contributed by atoms with van der Waals surface area (Å²) in [5.74, 6) is -0.409. The van der Waals surface area contributed by atoms with Gasteiger partial charge in [0.2, 0.25) is 0 Å². The second-order valence-corrected chi connectivity index (χ2v) is 19.8. The van der Waals surface area contributed by atoms with Crippen molar-refractivity contribution < 1.29 is 23.8 Å². The summed E-state index contributed by atoms with van der Waals surface area (Å²) in [5, 5.41) is 0. The second-order valence-electron chi connectivity index (χ2n) is 19.8. The van der Waals surface area contributed by atoms with Gasteiger partial charge in [0, 0.05) is 19.4 Å². The average molecular weight is 976 g/mol. The van der Waals surface area contributed by atoms with E-state index in [1.54, 1.807) is 0 Å². The van der Waals surface area contributed by atoms with Crippen LogP contribution in [0.5, 0.6) is 0 Å². The van der Waals surface area contributed by atoms with Gasteiger partial charge in [0.15, 0.2) is 6.10 Å². The molecular formula is C65H114O5. The number of hydrogen-bond donors (Lipinski definition) is 0. The first-order valence-electron chi connectivity index (χ1n) is 30.1. The van der Waals surface area contributed by atoms with E-state index in [9.17, 15) is 9.59 Å². The zero-order chi connectivity index (χ0) is 50.6. The Kier molecular flexibility index (Phi) is 57.9. The van der Waals surface area contributed by atoms with Crippen molar-refractivity contribution in [1.82, 2.24) is 0 Å². The van der Waals surface area contributed by atoms with Crippen molar-refractivity contribution in [2.75, 3.05) is 19.8 Å². The molecule has 0 N–H and O–H groups in total. The molecule has 0 amide bonds. The molecule has 0 aliphatic rings. The third-order valence-corrected chi connectivity index (χ3v) is 12.9. The first-order chi connectivity index (χ1) is 34.6. The highest BCUT2D eigenvalue weighted by molar-refractivity contribution is 5.70. The minimum Gasteiger partial charge on any atom is -0.462 e. The monoisotopic (exact) mass is 975 g/mol. The van der Waals surface area contributed by atoms with Crippen molar-refractivity contribution in [3.05, 3.63) is 85.1 Å². The van der Waals surface area contributed by atoms with Crippen LogP contribution >= 0.6 is 0 Å². The fraction of sp³-hybridized carbons (Fsp3) is 0.754. The van der Waals surface area contributed by atoms with E-state index in [1.807, 2.05) is 0 Å². The van der Waals surface area contributed by atoms with Crippen LogP contribution in [0.1, 0.15) is 290 Å². The van der Waals surface area contributed by atoms with Crippen molar-refractivity contribution in [3.8, 4) is 0 Å². The Morgan fingerprint density at radius 1 is 0.329 bits per heavy atom. The molecule has 0 heterocycles. The summed E-state index contributed by atoms with van der Waals surface area (Å²) in [6.45, 7) is 7.59. The van der Waals surface area contributed by atoms with E-state index in [4.69, 9.17) is 14.2 Å². The van der Waals surface area contributed by atoms with Gasteiger partial charge >= 0.3 is 11.9 Å². The van der Waals surface area contributed by atoms with Crippen LogP contribution in [0.4, 0.5) is 0 Å². The maximum atomic E-state index is 12.9. The van der Waals surface area contributed by atoms with E-state index in [0.29, 0.717) is 19.4 Å².